The fraction of sp³-hybridized carbons (Fsp3) is 0.217. The molecule has 0 saturated carbocycles. The number of hydrogen-bond donors (Lipinski definition) is 1. The molecule has 172 valence electrons. The van der Waals surface area contributed by atoms with Crippen molar-refractivity contribution in [3.05, 3.63) is 76.6 Å². The van der Waals surface area contributed by atoms with Crippen LogP contribution in [0.15, 0.2) is 48.8 Å². The van der Waals surface area contributed by atoms with Crippen LogP contribution in [0.4, 0.5) is 13.9 Å². The lowest BCUT2D eigenvalue weighted by Crippen LogP contribution is -2.28. The quantitative estimate of drug-likeness (QED) is 0.348. The van der Waals surface area contributed by atoms with Crippen molar-refractivity contribution in [3.63, 3.8) is 0 Å². The van der Waals surface area contributed by atoms with Gasteiger partial charge in [0.25, 0.3) is 0 Å². The zero-order chi connectivity index (χ0) is 23.4. The van der Waals surface area contributed by atoms with Crippen LogP contribution in [0, 0.1) is 11.6 Å². The van der Waals surface area contributed by atoms with Crippen LogP contribution >= 0.6 is 22.9 Å². The molecular formula is C23H21ClF2N4O2S. The van der Waals surface area contributed by atoms with Crippen molar-refractivity contribution in [2.75, 3.05) is 25.1 Å². The number of benzene rings is 2. The third-order valence-corrected chi connectivity index (χ3v) is 6.28. The molecule has 0 aliphatic carbocycles. The van der Waals surface area contributed by atoms with Gasteiger partial charge in [0.2, 0.25) is 0 Å². The number of nitrogens with zero attached hydrogens (tertiary/aromatic N) is 3. The van der Waals surface area contributed by atoms with E-state index in [-0.39, 0.29) is 12.2 Å². The Hall–Kier alpha value is -3.01. The molecular weight excluding hydrogens is 470 g/mol. The van der Waals surface area contributed by atoms with Crippen LogP contribution < -0.4 is 20.1 Å². The lowest BCUT2D eigenvalue weighted by Gasteiger charge is -2.22. The number of fused-ring (bicyclic) bond motifs is 1. The Morgan fingerprint density at radius 1 is 1.12 bits per heavy atom. The lowest BCUT2D eigenvalue weighted by atomic mass is 10.2. The molecule has 0 spiro atoms. The Balaban J connectivity index is 1.54. The molecule has 0 aliphatic rings. The first-order chi connectivity index (χ1) is 16.0. The molecule has 0 radical (unpaired) electrons. The molecule has 0 fully saturated rings. The number of nitrogens with two attached hydrogens (primary N) is 1. The highest BCUT2D eigenvalue weighted by Crippen LogP contribution is 2.34. The number of thiazole rings is 1. The molecule has 0 amide bonds. The number of halogens is 3. The number of hydrogen-bond acceptors (Lipinski definition) is 7. The van der Waals surface area contributed by atoms with E-state index in [4.69, 9.17) is 26.8 Å². The molecule has 0 atom stereocenters. The summed E-state index contributed by atoms with van der Waals surface area (Å²) in [4.78, 5) is 10.8. The molecule has 10 heteroatoms. The minimum atomic E-state index is -0.658. The molecule has 33 heavy (non-hydrogen) atoms. The van der Waals surface area contributed by atoms with Gasteiger partial charge in [-0.3, -0.25) is 4.98 Å². The summed E-state index contributed by atoms with van der Waals surface area (Å²) in [7, 11) is 1.51. The zero-order valence-corrected chi connectivity index (χ0v) is 19.3. The minimum Gasteiger partial charge on any atom is -0.493 e. The number of pyridine rings is 1. The van der Waals surface area contributed by atoms with Gasteiger partial charge in [0.1, 0.15) is 23.8 Å². The zero-order valence-electron chi connectivity index (χ0n) is 17.7. The maximum Gasteiger partial charge on any atom is 0.186 e. The second kappa shape index (κ2) is 10.3. The van der Waals surface area contributed by atoms with Gasteiger partial charge >= 0.3 is 0 Å². The summed E-state index contributed by atoms with van der Waals surface area (Å²) in [5, 5.41) is 1.27. The van der Waals surface area contributed by atoms with E-state index in [0.29, 0.717) is 41.7 Å². The van der Waals surface area contributed by atoms with E-state index in [0.717, 1.165) is 15.4 Å². The Labute approximate surface area is 198 Å². The normalized spacial score (nSPS) is 11.1. The first kappa shape index (κ1) is 23.2. The van der Waals surface area contributed by atoms with E-state index in [2.05, 4.69) is 9.97 Å². The molecule has 0 bridgehead atoms. The van der Waals surface area contributed by atoms with Gasteiger partial charge in [0.15, 0.2) is 16.6 Å². The van der Waals surface area contributed by atoms with E-state index in [1.54, 1.807) is 18.5 Å². The third kappa shape index (κ3) is 5.16. The lowest BCUT2D eigenvalue weighted by molar-refractivity contribution is 0.274. The molecule has 2 aromatic heterocycles. The Morgan fingerprint density at radius 3 is 2.61 bits per heavy atom. The monoisotopic (exact) mass is 490 g/mol. The van der Waals surface area contributed by atoms with Crippen molar-refractivity contribution in [3.8, 4) is 11.5 Å². The average molecular weight is 491 g/mol. The molecule has 4 rings (SSSR count). The predicted octanol–water partition coefficient (Wildman–Crippen LogP) is 5.18. The molecule has 2 N–H and O–H groups in total. The van der Waals surface area contributed by atoms with E-state index < -0.39 is 11.6 Å². The van der Waals surface area contributed by atoms with Crippen molar-refractivity contribution >= 4 is 38.3 Å². The highest BCUT2D eigenvalue weighted by molar-refractivity contribution is 7.22. The van der Waals surface area contributed by atoms with Crippen molar-refractivity contribution in [2.45, 2.75) is 13.2 Å². The minimum absolute atomic E-state index is 0.137. The largest absolute Gasteiger partial charge is 0.493 e. The van der Waals surface area contributed by atoms with Gasteiger partial charge in [-0.25, -0.2) is 13.8 Å². The number of methoxy groups -OCH3 is 1. The van der Waals surface area contributed by atoms with E-state index in [9.17, 15) is 8.78 Å². The second-order valence-electron chi connectivity index (χ2n) is 7.15. The summed E-state index contributed by atoms with van der Waals surface area (Å²) in [5.74, 6) is -0.482. The van der Waals surface area contributed by atoms with E-state index in [1.165, 1.54) is 36.6 Å². The number of ether oxygens (including phenoxy) is 2. The summed E-state index contributed by atoms with van der Waals surface area (Å²) in [5.41, 5.74) is 7.33. The van der Waals surface area contributed by atoms with Crippen molar-refractivity contribution in [2.24, 2.45) is 5.73 Å². The summed E-state index contributed by atoms with van der Waals surface area (Å²) in [6.07, 6.45) is 3.30. The second-order valence-corrected chi connectivity index (χ2v) is 8.57. The summed E-state index contributed by atoms with van der Waals surface area (Å²) in [6.45, 7) is 1.28. The fourth-order valence-electron chi connectivity index (χ4n) is 3.31. The molecule has 2 aromatic carbocycles. The Kier molecular flexibility index (Phi) is 7.22. The Morgan fingerprint density at radius 2 is 1.91 bits per heavy atom. The third-order valence-electron chi connectivity index (χ3n) is 4.95. The van der Waals surface area contributed by atoms with Crippen LogP contribution in [0.1, 0.15) is 11.1 Å². The first-order valence-corrected chi connectivity index (χ1v) is 11.3. The van der Waals surface area contributed by atoms with E-state index in [1.807, 2.05) is 17.0 Å². The number of anilines is 1. The highest BCUT2D eigenvalue weighted by Gasteiger charge is 2.16. The average Bonchev–Trinajstić information content (AvgIpc) is 3.25. The Bertz CT molecular complexity index is 1250. The van der Waals surface area contributed by atoms with Crippen molar-refractivity contribution in [1.82, 2.24) is 9.97 Å². The number of aromatic nitrogens is 2. The highest BCUT2D eigenvalue weighted by atomic mass is 35.5. The van der Waals surface area contributed by atoms with Gasteiger partial charge in [-0.1, -0.05) is 35.1 Å². The number of rotatable bonds is 9. The van der Waals surface area contributed by atoms with Crippen molar-refractivity contribution in [1.29, 1.82) is 0 Å². The van der Waals surface area contributed by atoms with Gasteiger partial charge in [-0.15, -0.1) is 0 Å². The van der Waals surface area contributed by atoms with Crippen molar-refractivity contribution < 1.29 is 18.3 Å². The standard InChI is InChI=1S/C23H21ClF2N4O2S/c1-31-20-9-14(5-6-19(20)32-13-15-17(25)3-2-4-18(15)26)12-30(8-7-27)23-29-22-16(24)10-28-11-21(22)33-23/h2-6,9-11H,7-8,12-13,27H2,1H3. The van der Waals surface area contributed by atoms with Crippen LogP contribution in [0.2, 0.25) is 5.02 Å². The van der Waals surface area contributed by atoms with Gasteiger partial charge < -0.3 is 20.1 Å². The molecule has 0 saturated heterocycles. The van der Waals surface area contributed by atoms with Gasteiger partial charge in [0, 0.05) is 32.0 Å². The van der Waals surface area contributed by atoms with Gasteiger partial charge in [0.05, 0.1) is 22.4 Å². The van der Waals surface area contributed by atoms with Crippen LogP contribution in [0.3, 0.4) is 0 Å². The topological polar surface area (TPSA) is 73.5 Å². The van der Waals surface area contributed by atoms with Crippen LogP contribution in [-0.2, 0) is 13.2 Å². The predicted molar refractivity (Wildman–Crippen MR) is 126 cm³/mol. The summed E-state index contributed by atoms with van der Waals surface area (Å²) in [6, 6.07) is 9.09. The first-order valence-electron chi connectivity index (χ1n) is 10.1. The molecule has 6 nitrogen and oxygen atoms in total. The smallest absolute Gasteiger partial charge is 0.186 e. The summed E-state index contributed by atoms with van der Waals surface area (Å²) < 4.78 is 39.8. The fourth-order valence-corrected chi connectivity index (χ4v) is 4.55. The van der Waals surface area contributed by atoms with Crippen LogP contribution in [-0.4, -0.2) is 30.2 Å². The molecule has 0 unspecified atom stereocenters. The van der Waals surface area contributed by atoms with Crippen LogP contribution in [0.25, 0.3) is 10.2 Å². The van der Waals surface area contributed by atoms with Gasteiger partial charge in [-0.05, 0) is 29.8 Å². The van der Waals surface area contributed by atoms with E-state index >= 15 is 0 Å². The molecule has 4 aromatic rings. The molecule has 0 aliphatic heterocycles. The van der Waals surface area contributed by atoms with Crippen LogP contribution in [0.5, 0.6) is 11.5 Å². The maximum absolute atomic E-state index is 13.9. The maximum atomic E-state index is 13.9. The summed E-state index contributed by atoms with van der Waals surface area (Å²) >= 11 is 7.71. The molecule has 2 heterocycles. The van der Waals surface area contributed by atoms with Gasteiger partial charge in [-0.2, -0.15) is 0 Å². The SMILES string of the molecule is COc1cc(CN(CCN)c2nc3c(Cl)cncc3s2)ccc1OCc1c(F)cccc1F.